The first kappa shape index (κ1) is 16.1. The lowest BCUT2D eigenvalue weighted by atomic mass is 9.93. The second-order valence-corrected chi connectivity index (χ2v) is 6.43. The molecule has 0 aliphatic carbocycles. The van der Waals surface area contributed by atoms with E-state index in [0.717, 1.165) is 22.9 Å². The van der Waals surface area contributed by atoms with Gasteiger partial charge in [0, 0.05) is 10.5 Å². The summed E-state index contributed by atoms with van der Waals surface area (Å²) in [5, 5.41) is 0. The van der Waals surface area contributed by atoms with E-state index in [9.17, 15) is 4.79 Å². The van der Waals surface area contributed by atoms with Gasteiger partial charge < -0.3 is 9.64 Å². The number of nitrogens with zero attached hydrogens (tertiary/aromatic N) is 1. The smallest absolute Gasteiger partial charge is 0.410 e. The number of hydrogen-bond acceptors (Lipinski definition) is 2. The number of benzene rings is 1. The third kappa shape index (κ3) is 3.67. The second kappa shape index (κ2) is 7.12. The molecule has 114 valence electrons. The standard InChI is InChI=1S/C17H22BrNO2/c1-4-6-13(5-2)12(3)19-11-16(21-17(19)20)14-7-9-15(18)10-8-14/h4,7-10,12-13,16H,1,5-6,11H2,2-3H3. The molecule has 21 heavy (non-hydrogen) atoms. The summed E-state index contributed by atoms with van der Waals surface area (Å²) in [5.41, 5.74) is 1.04. The fourth-order valence-corrected chi connectivity index (χ4v) is 3.10. The van der Waals surface area contributed by atoms with Crippen LogP contribution in [0.3, 0.4) is 0 Å². The van der Waals surface area contributed by atoms with E-state index in [1.54, 1.807) is 0 Å². The van der Waals surface area contributed by atoms with Gasteiger partial charge in [-0.3, -0.25) is 0 Å². The monoisotopic (exact) mass is 351 g/mol. The van der Waals surface area contributed by atoms with Gasteiger partial charge in [-0.25, -0.2) is 4.79 Å². The molecule has 0 saturated carbocycles. The highest BCUT2D eigenvalue weighted by Crippen LogP contribution is 2.31. The predicted molar refractivity (Wildman–Crippen MR) is 88.1 cm³/mol. The Balaban J connectivity index is 2.08. The van der Waals surface area contributed by atoms with Crippen LogP contribution in [0.5, 0.6) is 0 Å². The first-order valence-electron chi connectivity index (χ1n) is 7.40. The lowest BCUT2D eigenvalue weighted by Crippen LogP contribution is -2.39. The van der Waals surface area contributed by atoms with Crippen molar-refractivity contribution in [3.8, 4) is 0 Å². The van der Waals surface area contributed by atoms with E-state index in [2.05, 4.69) is 36.4 Å². The van der Waals surface area contributed by atoms with Crippen LogP contribution >= 0.6 is 15.9 Å². The summed E-state index contributed by atoms with van der Waals surface area (Å²) in [5.74, 6) is 0.429. The van der Waals surface area contributed by atoms with Crippen molar-refractivity contribution in [3.63, 3.8) is 0 Å². The van der Waals surface area contributed by atoms with Gasteiger partial charge in [0.2, 0.25) is 0 Å². The van der Waals surface area contributed by atoms with Crippen molar-refractivity contribution in [1.82, 2.24) is 4.90 Å². The summed E-state index contributed by atoms with van der Waals surface area (Å²) in [6.07, 6.45) is 3.50. The van der Waals surface area contributed by atoms with Crippen molar-refractivity contribution in [1.29, 1.82) is 0 Å². The van der Waals surface area contributed by atoms with Crippen molar-refractivity contribution < 1.29 is 9.53 Å². The number of cyclic esters (lactones) is 1. The van der Waals surface area contributed by atoms with Crippen molar-refractivity contribution in [2.24, 2.45) is 5.92 Å². The molecule has 2 rings (SSSR count). The van der Waals surface area contributed by atoms with Gasteiger partial charge in [0.25, 0.3) is 0 Å². The van der Waals surface area contributed by atoms with Gasteiger partial charge >= 0.3 is 6.09 Å². The molecule has 1 amide bonds. The average molecular weight is 352 g/mol. The molecule has 1 aliphatic rings. The summed E-state index contributed by atoms with van der Waals surface area (Å²) in [7, 11) is 0. The number of hydrogen-bond donors (Lipinski definition) is 0. The minimum atomic E-state index is -0.210. The molecular weight excluding hydrogens is 330 g/mol. The van der Waals surface area contributed by atoms with E-state index in [1.165, 1.54) is 0 Å². The highest BCUT2D eigenvalue weighted by Gasteiger charge is 2.37. The first-order chi connectivity index (χ1) is 10.1. The molecule has 0 aromatic heterocycles. The molecule has 1 aromatic rings. The van der Waals surface area contributed by atoms with Crippen LogP contribution in [0, 0.1) is 5.92 Å². The molecular formula is C17H22BrNO2. The van der Waals surface area contributed by atoms with Crippen LogP contribution in [0.15, 0.2) is 41.4 Å². The van der Waals surface area contributed by atoms with E-state index in [-0.39, 0.29) is 18.2 Å². The summed E-state index contributed by atoms with van der Waals surface area (Å²) in [4.78, 5) is 14.0. The quantitative estimate of drug-likeness (QED) is 0.679. The van der Waals surface area contributed by atoms with E-state index in [1.807, 2.05) is 35.2 Å². The Morgan fingerprint density at radius 3 is 2.71 bits per heavy atom. The number of carbonyl (C=O) groups is 1. The third-order valence-electron chi connectivity index (χ3n) is 4.25. The maximum Gasteiger partial charge on any atom is 0.410 e. The molecule has 0 spiro atoms. The normalized spacial score (nSPS) is 21.0. The molecule has 3 atom stereocenters. The van der Waals surface area contributed by atoms with E-state index < -0.39 is 0 Å². The number of ether oxygens (including phenoxy) is 1. The van der Waals surface area contributed by atoms with Crippen molar-refractivity contribution in [2.45, 2.75) is 38.8 Å². The zero-order valence-corrected chi connectivity index (χ0v) is 14.2. The Bertz CT molecular complexity index is 500. The Hall–Kier alpha value is -1.29. The molecule has 0 radical (unpaired) electrons. The number of allylic oxidation sites excluding steroid dienone is 1. The van der Waals surface area contributed by atoms with Crippen LogP contribution in [0.2, 0.25) is 0 Å². The van der Waals surface area contributed by atoms with Gasteiger partial charge in [-0.2, -0.15) is 0 Å². The fraction of sp³-hybridized carbons (Fsp3) is 0.471. The van der Waals surface area contributed by atoms with Crippen LogP contribution in [0.25, 0.3) is 0 Å². The maximum absolute atomic E-state index is 12.2. The number of halogens is 1. The average Bonchev–Trinajstić information content (AvgIpc) is 2.86. The van der Waals surface area contributed by atoms with Crippen molar-refractivity contribution in [2.75, 3.05) is 6.54 Å². The molecule has 1 aromatic carbocycles. The topological polar surface area (TPSA) is 29.5 Å². The Kier molecular flexibility index (Phi) is 5.45. The summed E-state index contributed by atoms with van der Waals surface area (Å²) < 4.78 is 6.57. The highest BCUT2D eigenvalue weighted by atomic mass is 79.9. The first-order valence-corrected chi connectivity index (χ1v) is 8.19. The third-order valence-corrected chi connectivity index (χ3v) is 4.78. The largest absolute Gasteiger partial charge is 0.439 e. The van der Waals surface area contributed by atoms with Gasteiger partial charge in [0.15, 0.2) is 0 Å². The van der Waals surface area contributed by atoms with Crippen LogP contribution in [-0.4, -0.2) is 23.6 Å². The number of amides is 1. The molecule has 3 nitrogen and oxygen atoms in total. The van der Waals surface area contributed by atoms with E-state index in [4.69, 9.17) is 4.74 Å². The van der Waals surface area contributed by atoms with Gasteiger partial charge in [-0.15, -0.1) is 6.58 Å². The lowest BCUT2D eigenvalue weighted by Gasteiger charge is -2.28. The van der Waals surface area contributed by atoms with Gasteiger partial charge in [0.05, 0.1) is 6.54 Å². The van der Waals surface area contributed by atoms with E-state index in [0.29, 0.717) is 12.5 Å². The SMILES string of the molecule is C=CCC(CC)C(C)N1CC(c2ccc(Br)cc2)OC1=O. The molecule has 1 saturated heterocycles. The number of rotatable bonds is 6. The van der Waals surface area contributed by atoms with Crippen LogP contribution < -0.4 is 0 Å². The molecule has 3 unspecified atom stereocenters. The van der Waals surface area contributed by atoms with Crippen LogP contribution in [0.1, 0.15) is 38.4 Å². The summed E-state index contributed by atoms with van der Waals surface area (Å²) in [6.45, 7) is 8.68. The fourth-order valence-electron chi connectivity index (χ4n) is 2.84. The van der Waals surface area contributed by atoms with Crippen molar-refractivity contribution in [3.05, 3.63) is 47.0 Å². The Morgan fingerprint density at radius 1 is 1.48 bits per heavy atom. The number of carbonyl (C=O) groups excluding carboxylic acids is 1. The summed E-state index contributed by atoms with van der Waals surface area (Å²) in [6, 6.07) is 8.11. The van der Waals surface area contributed by atoms with Gasteiger partial charge in [0.1, 0.15) is 6.10 Å². The minimum absolute atomic E-state index is 0.168. The maximum atomic E-state index is 12.2. The molecule has 4 heteroatoms. The predicted octanol–water partition coefficient (Wildman–Crippen LogP) is 4.93. The zero-order valence-electron chi connectivity index (χ0n) is 12.6. The zero-order chi connectivity index (χ0) is 15.4. The molecule has 0 bridgehead atoms. The van der Waals surface area contributed by atoms with Crippen LogP contribution in [0.4, 0.5) is 4.79 Å². The van der Waals surface area contributed by atoms with Gasteiger partial charge in [-0.1, -0.05) is 47.5 Å². The molecule has 0 N–H and O–H groups in total. The second-order valence-electron chi connectivity index (χ2n) is 5.51. The van der Waals surface area contributed by atoms with Crippen molar-refractivity contribution >= 4 is 22.0 Å². The molecule has 1 aliphatic heterocycles. The molecule has 1 fully saturated rings. The highest BCUT2D eigenvalue weighted by molar-refractivity contribution is 9.10. The molecule has 1 heterocycles. The summed E-state index contributed by atoms with van der Waals surface area (Å²) >= 11 is 3.42. The van der Waals surface area contributed by atoms with Crippen LogP contribution in [-0.2, 0) is 4.74 Å². The lowest BCUT2D eigenvalue weighted by molar-refractivity contribution is 0.123. The Labute approximate surface area is 135 Å². The Morgan fingerprint density at radius 2 is 2.14 bits per heavy atom. The minimum Gasteiger partial charge on any atom is -0.439 e. The van der Waals surface area contributed by atoms with E-state index >= 15 is 0 Å². The van der Waals surface area contributed by atoms with Gasteiger partial charge in [-0.05, 0) is 37.0 Å².